The normalized spacial score (nSPS) is 19.5. The van der Waals surface area contributed by atoms with Gasteiger partial charge in [0.15, 0.2) is 11.9 Å². The fourth-order valence-corrected chi connectivity index (χ4v) is 13.9. The summed E-state index contributed by atoms with van der Waals surface area (Å²) in [7, 11) is 2.20. The van der Waals surface area contributed by atoms with Crippen LogP contribution in [0.2, 0.25) is 0 Å². The molecule has 0 aliphatic carbocycles. The largest absolute Gasteiger partial charge is 0.480 e. The molecule has 7 atom stereocenters. The standard InChI is InChI=1S/C62H78N16O9S2/c1-8-35-29(3)42-23-44-31(5)37(53(73-44)33(7)54-52(60(86)87)32(6)45(74-54)25-47-36(9-2)30(4)43(71-47)24-46(35)70-42)18-19-51(79)72-49-27-88-89-28-50(58(83)77-48(59(84)85)22-34-26-69-39-15-11-10-14-38(34)39)78-56(81)41(17-13-21-68-62(65)66)75-55(80)40(76-57(49)82)16-12-20-67-61(63)64/h8,10-11,14-15,23-26,31,37,40-41,48-50,69-71H,1,9,12-13,16-22,27-28H2,2-7H3,(H,72,79)(H,75,80)(H,76,82)(H,77,83)(H,78,81)(H,84,85)(H,86,87)(H4,63,64,67)(H4,65,66,68)/t31-,37-,40-,41-,48-,49-,50-/m0/s1. The first-order valence-electron chi connectivity index (χ1n) is 29.4. The molecule has 89 heavy (non-hydrogen) atoms. The number of H-pyrrole nitrogens is 3. The Morgan fingerprint density at radius 2 is 1.43 bits per heavy atom. The molecule has 1 saturated heterocycles. The second-order valence-electron chi connectivity index (χ2n) is 22.4. The number of nitrogens with zero attached hydrogens (tertiary/aromatic N) is 4. The SMILES string of the molecule is C=Cc1c(C)c2cc3nc(c(C)c4nc(cc5[nH]c(cc1[nH]2)c(C)c5CC)C(C)=C4C(=O)O)[C@@H](CCC(=O)N[C@H]1CSSC[C@@H](C(=O)N[C@@H](Cc2c[nH]c4ccccc24)C(=O)O)NC(=O)[C@H](CCCN=C(N)N)NC(=O)[C@H](CCCN=C(N)N)NC1=O)[C@@H]3C. The monoisotopic (exact) mass is 1250 g/mol. The van der Waals surface area contributed by atoms with Crippen molar-refractivity contribution in [3.63, 3.8) is 0 Å². The van der Waals surface area contributed by atoms with E-state index in [-0.39, 0.29) is 98.6 Å². The van der Waals surface area contributed by atoms with E-state index in [1.54, 1.807) is 20.0 Å². The van der Waals surface area contributed by atoms with Gasteiger partial charge < -0.3 is 74.7 Å². The van der Waals surface area contributed by atoms with E-state index in [9.17, 15) is 43.8 Å². The molecule has 25 nitrogen and oxygen atoms in total. The van der Waals surface area contributed by atoms with Crippen molar-refractivity contribution in [1.29, 1.82) is 0 Å². The third-order valence-corrected chi connectivity index (χ3v) is 18.9. The number of allylic oxidation sites excluding steroid dienone is 1. The van der Waals surface area contributed by atoms with Crippen LogP contribution in [0.4, 0.5) is 0 Å². The molecule has 8 bridgehead atoms. The van der Waals surface area contributed by atoms with Crippen LogP contribution >= 0.6 is 21.6 Å². The van der Waals surface area contributed by atoms with Crippen LogP contribution in [0.3, 0.4) is 0 Å². The van der Waals surface area contributed by atoms with Gasteiger partial charge in [0.05, 0.1) is 17.0 Å². The molecule has 472 valence electrons. The maximum Gasteiger partial charge on any atom is 0.338 e. The number of guanidine groups is 2. The Labute approximate surface area is 521 Å². The minimum absolute atomic E-state index is 0.0195. The van der Waals surface area contributed by atoms with E-state index in [2.05, 4.69) is 65.0 Å². The molecule has 1 aromatic carbocycles. The maximum atomic E-state index is 14.6. The Kier molecular flexibility index (Phi) is 21.7. The number of carboxylic acid groups (broad SMARTS) is 2. The lowest BCUT2D eigenvalue weighted by Gasteiger charge is -2.28. The van der Waals surface area contributed by atoms with Gasteiger partial charge in [0.25, 0.3) is 0 Å². The molecule has 0 spiro atoms. The van der Waals surface area contributed by atoms with Crippen LogP contribution in [0.25, 0.3) is 50.2 Å². The highest BCUT2D eigenvalue weighted by Gasteiger charge is 2.37. The molecule has 8 rings (SSSR count). The lowest BCUT2D eigenvalue weighted by Crippen LogP contribution is -2.59. The number of hydrogen-bond donors (Lipinski definition) is 14. The molecular formula is C62H78N16O9S2. The van der Waals surface area contributed by atoms with Crippen molar-refractivity contribution in [3.8, 4) is 0 Å². The zero-order valence-corrected chi connectivity index (χ0v) is 52.2. The number of carboxylic acids is 2. The van der Waals surface area contributed by atoms with Crippen molar-refractivity contribution >= 4 is 125 Å². The summed E-state index contributed by atoms with van der Waals surface area (Å²) in [5.74, 6) is -7.53. The molecule has 5 aromatic rings. The minimum Gasteiger partial charge on any atom is -0.480 e. The molecule has 0 radical (unpaired) electrons. The second kappa shape index (κ2) is 29.3. The molecular weight excluding hydrogens is 1180 g/mol. The highest BCUT2D eigenvalue weighted by atomic mass is 33.1. The highest BCUT2D eigenvalue weighted by Crippen LogP contribution is 2.43. The van der Waals surface area contributed by atoms with Crippen LogP contribution in [0, 0.1) is 20.8 Å². The number of aliphatic carboxylic acids is 2. The predicted molar refractivity (Wildman–Crippen MR) is 349 cm³/mol. The van der Waals surface area contributed by atoms with Crippen LogP contribution in [-0.2, 0) is 46.4 Å². The van der Waals surface area contributed by atoms with Crippen molar-refractivity contribution < 1.29 is 43.8 Å². The summed E-state index contributed by atoms with van der Waals surface area (Å²) in [6, 6.07) is 6.50. The lowest BCUT2D eigenvalue weighted by molar-refractivity contribution is -0.142. The Hall–Kier alpha value is -9.11. The van der Waals surface area contributed by atoms with E-state index in [0.29, 0.717) is 40.2 Å². The zero-order chi connectivity index (χ0) is 64.4. The van der Waals surface area contributed by atoms with Gasteiger partial charge in [-0.15, -0.1) is 0 Å². The average molecular weight is 1260 g/mol. The van der Waals surface area contributed by atoms with Gasteiger partial charge in [-0.25, -0.2) is 14.6 Å². The van der Waals surface area contributed by atoms with Gasteiger partial charge in [0.1, 0.15) is 30.2 Å². The predicted octanol–water partition coefficient (Wildman–Crippen LogP) is 4.86. The van der Waals surface area contributed by atoms with Crippen molar-refractivity contribution in [2.75, 3.05) is 24.6 Å². The third kappa shape index (κ3) is 15.6. The molecule has 0 saturated carbocycles. The first-order valence-corrected chi connectivity index (χ1v) is 31.9. The van der Waals surface area contributed by atoms with Gasteiger partial charge in [-0.05, 0) is 124 Å². The number of benzene rings is 1. The smallest absolute Gasteiger partial charge is 0.338 e. The van der Waals surface area contributed by atoms with Gasteiger partial charge in [0.2, 0.25) is 29.5 Å². The van der Waals surface area contributed by atoms with Gasteiger partial charge >= 0.3 is 11.9 Å². The molecule has 1 fully saturated rings. The van der Waals surface area contributed by atoms with Gasteiger partial charge in [0, 0.05) is 105 Å². The summed E-state index contributed by atoms with van der Waals surface area (Å²) in [6.07, 6.45) is 4.47. The van der Waals surface area contributed by atoms with Gasteiger partial charge in [-0.1, -0.05) is 66.3 Å². The number of fused-ring (bicyclic) bond motifs is 9. The molecule has 3 aliphatic heterocycles. The molecule has 18 N–H and O–H groups in total. The average Bonchev–Trinajstić information content (AvgIpc) is 1.72. The molecule has 4 aromatic heterocycles. The Morgan fingerprint density at radius 3 is 2.08 bits per heavy atom. The minimum atomic E-state index is -1.43. The summed E-state index contributed by atoms with van der Waals surface area (Å²) >= 11 is 0. The Morgan fingerprint density at radius 1 is 0.787 bits per heavy atom. The number of carbonyl (C=O) groups excluding carboxylic acids is 5. The third-order valence-electron chi connectivity index (χ3n) is 16.5. The highest BCUT2D eigenvalue weighted by molar-refractivity contribution is 8.76. The van der Waals surface area contributed by atoms with Crippen LogP contribution in [0.1, 0.15) is 127 Å². The number of aromatic amines is 3. The van der Waals surface area contributed by atoms with Crippen molar-refractivity contribution in [1.82, 2.24) is 51.5 Å². The van der Waals surface area contributed by atoms with Crippen LogP contribution in [-0.4, -0.2) is 143 Å². The van der Waals surface area contributed by atoms with Crippen LogP contribution in [0.5, 0.6) is 0 Å². The number of amides is 5. The second-order valence-corrected chi connectivity index (χ2v) is 25.0. The van der Waals surface area contributed by atoms with E-state index in [1.165, 1.54) is 0 Å². The van der Waals surface area contributed by atoms with E-state index >= 15 is 0 Å². The fourth-order valence-electron chi connectivity index (χ4n) is 11.6. The number of nitrogens with two attached hydrogens (primary N) is 4. The first-order chi connectivity index (χ1) is 42.5. The number of aryl methyl sites for hydroxylation is 3. The van der Waals surface area contributed by atoms with Crippen LogP contribution < -0.4 is 49.5 Å². The number of carbonyl (C=O) groups is 7. The number of nitrogens with one attached hydrogen (secondary N) is 8. The quantitative estimate of drug-likeness (QED) is 0.0214. The molecule has 5 amide bonds. The van der Waals surface area contributed by atoms with E-state index < -0.39 is 77.6 Å². The van der Waals surface area contributed by atoms with E-state index in [4.69, 9.17) is 32.9 Å². The summed E-state index contributed by atoms with van der Waals surface area (Å²) < 4.78 is 0. The lowest BCUT2D eigenvalue weighted by atomic mass is 9.85. The van der Waals surface area contributed by atoms with Crippen molar-refractivity contribution in [2.24, 2.45) is 32.9 Å². The summed E-state index contributed by atoms with van der Waals surface area (Å²) in [5, 5.41) is 35.7. The summed E-state index contributed by atoms with van der Waals surface area (Å²) in [4.78, 5) is 127. The van der Waals surface area contributed by atoms with Crippen LogP contribution in [0.15, 0.2) is 65.2 Å². The Balaban J connectivity index is 1.11. The summed E-state index contributed by atoms with van der Waals surface area (Å²) in [6.45, 7) is 15.9. The van der Waals surface area contributed by atoms with Crippen molar-refractivity contribution in [3.05, 3.63) is 111 Å². The molecule has 7 heterocycles. The fraction of sp³-hybridized carbons (Fsp3) is 0.403. The maximum absolute atomic E-state index is 14.6. The number of rotatable bonds is 20. The van der Waals surface area contributed by atoms with Crippen molar-refractivity contribution in [2.45, 2.75) is 135 Å². The number of para-hydroxylation sites is 1. The van der Waals surface area contributed by atoms with Gasteiger partial charge in [-0.2, -0.15) is 0 Å². The van der Waals surface area contributed by atoms with E-state index in [0.717, 1.165) is 76.8 Å². The topological polar surface area (TPSA) is 422 Å². The first kappa shape index (κ1) is 65.9. The van der Waals surface area contributed by atoms with E-state index in [1.807, 2.05) is 69.3 Å². The number of aliphatic imine (C=N–C) groups is 2. The molecule has 27 heteroatoms. The number of hydrogen-bond acceptors (Lipinski definition) is 13. The van der Waals surface area contributed by atoms with Gasteiger partial charge in [-0.3, -0.25) is 38.9 Å². The zero-order valence-electron chi connectivity index (χ0n) is 50.6. The molecule has 3 aliphatic rings. The molecule has 0 unspecified atom stereocenters. The Bertz CT molecular complexity index is 3860. The number of aromatic nitrogens is 5. The summed E-state index contributed by atoms with van der Waals surface area (Å²) in [5.41, 5.74) is 34.0.